The molecule has 3 nitrogen and oxygen atoms in total. The minimum Gasteiger partial charge on any atom is -0.465 e. The Morgan fingerprint density at radius 3 is 3.17 bits per heavy atom. The topological polar surface area (TPSA) is 29.5 Å². The molecule has 0 bridgehead atoms. The summed E-state index contributed by atoms with van der Waals surface area (Å²) in [5.41, 5.74) is -0.240. The molecule has 0 amide bonds. The Morgan fingerprint density at radius 1 is 1.50 bits per heavy atom. The fourth-order valence-corrected chi connectivity index (χ4v) is 5.18. The summed E-state index contributed by atoms with van der Waals surface area (Å²) in [6, 6.07) is 4.87. The lowest BCUT2D eigenvalue weighted by molar-refractivity contribution is -0.146. The Hall–Kier alpha value is -0.870. The van der Waals surface area contributed by atoms with E-state index in [4.69, 9.17) is 4.74 Å². The summed E-state index contributed by atoms with van der Waals surface area (Å²) in [5, 5.41) is 2.13. The number of cyclic esters (lactones) is 1. The summed E-state index contributed by atoms with van der Waals surface area (Å²) in [4.78, 5) is 16.2. The molecule has 3 fully saturated rings. The van der Waals surface area contributed by atoms with Crippen LogP contribution in [0.5, 0.6) is 0 Å². The van der Waals surface area contributed by atoms with Crippen LogP contribution < -0.4 is 0 Å². The molecular formula is C14H17NO2S. The van der Waals surface area contributed by atoms with E-state index in [1.807, 2.05) is 0 Å². The second-order valence-corrected chi connectivity index (χ2v) is 6.69. The molecule has 1 aromatic rings. The number of hydrogen-bond acceptors (Lipinski definition) is 4. The third kappa shape index (κ3) is 1.30. The normalized spacial score (nSPS) is 39.4. The van der Waals surface area contributed by atoms with E-state index in [1.54, 1.807) is 11.3 Å². The van der Waals surface area contributed by atoms with Crippen molar-refractivity contribution in [3.63, 3.8) is 0 Å². The molecule has 4 heterocycles. The van der Waals surface area contributed by atoms with Crippen molar-refractivity contribution in [2.75, 3.05) is 19.7 Å². The van der Waals surface area contributed by atoms with E-state index in [2.05, 4.69) is 22.4 Å². The van der Waals surface area contributed by atoms with Crippen molar-refractivity contribution in [1.82, 2.24) is 4.90 Å². The standard InChI is InChI=1S/C14H17NO2S/c16-13-14(5-7-17-13)9-15-6-1-3-10(15)12(14)11-4-2-8-18-11/h2,4,8,10,12H,1,3,5-7,9H2/t10-,12+,14+/m0/s1. The lowest BCUT2D eigenvalue weighted by Gasteiger charge is -2.27. The summed E-state index contributed by atoms with van der Waals surface area (Å²) in [5.74, 6) is 0.422. The first kappa shape index (κ1) is 11.0. The van der Waals surface area contributed by atoms with E-state index in [1.165, 1.54) is 17.7 Å². The van der Waals surface area contributed by atoms with E-state index >= 15 is 0 Å². The Kier molecular flexibility index (Phi) is 2.33. The van der Waals surface area contributed by atoms with Gasteiger partial charge in [-0.2, -0.15) is 0 Å². The van der Waals surface area contributed by atoms with Crippen LogP contribution in [0.3, 0.4) is 0 Å². The molecule has 4 rings (SSSR count). The number of hydrogen-bond donors (Lipinski definition) is 0. The lowest BCUT2D eigenvalue weighted by Crippen LogP contribution is -2.35. The second kappa shape index (κ2) is 3.81. The van der Waals surface area contributed by atoms with E-state index < -0.39 is 0 Å². The molecular weight excluding hydrogens is 246 g/mol. The minimum atomic E-state index is -0.240. The van der Waals surface area contributed by atoms with Gasteiger partial charge in [0, 0.05) is 23.4 Å². The molecule has 0 radical (unpaired) electrons. The van der Waals surface area contributed by atoms with Crippen LogP contribution in [-0.4, -0.2) is 36.6 Å². The van der Waals surface area contributed by atoms with Crippen LogP contribution in [0, 0.1) is 5.41 Å². The highest BCUT2D eigenvalue weighted by molar-refractivity contribution is 7.10. The maximum atomic E-state index is 12.3. The Balaban J connectivity index is 1.80. The van der Waals surface area contributed by atoms with Crippen molar-refractivity contribution in [2.45, 2.75) is 31.2 Å². The molecule has 0 aromatic carbocycles. The van der Waals surface area contributed by atoms with Gasteiger partial charge in [-0.15, -0.1) is 11.3 Å². The van der Waals surface area contributed by atoms with Gasteiger partial charge < -0.3 is 4.74 Å². The zero-order valence-electron chi connectivity index (χ0n) is 10.3. The van der Waals surface area contributed by atoms with Gasteiger partial charge in [-0.05, 0) is 37.3 Å². The minimum absolute atomic E-state index is 0.0512. The number of thiophene rings is 1. The van der Waals surface area contributed by atoms with Crippen LogP contribution in [0.4, 0.5) is 0 Å². The first-order chi connectivity index (χ1) is 8.81. The van der Waals surface area contributed by atoms with E-state index in [-0.39, 0.29) is 11.4 Å². The highest BCUT2D eigenvalue weighted by atomic mass is 32.1. The lowest BCUT2D eigenvalue weighted by atomic mass is 9.73. The van der Waals surface area contributed by atoms with Gasteiger partial charge in [-0.25, -0.2) is 0 Å². The molecule has 0 N–H and O–H groups in total. The van der Waals surface area contributed by atoms with Crippen LogP contribution >= 0.6 is 11.3 Å². The maximum absolute atomic E-state index is 12.3. The van der Waals surface area contributed by atoms with Crippen molar-refractivity contribution >= 4 is 17.3 Å². The zero-order valence-corrected chi connectivity index (χ0v) is 11.1. The maximum Gasteiger partial charge on any atom is 0.314 e. The predicted molar refractivity (Wildman–Crippen MR) is 69.7 cm³/mol. The molecule has 3 aliphatic heterocycles. The molecule has 1 aromatic heterocycles. The highest BCUT2D eigenvalue weighted by Crippen LogP contribution is 2.55. The van der Waals surface area contributed by atoms with Crippen molar-refractivity contribution in [2.24, 2.45) is 5.41 Å². The molecule has 0 saturated carbocycles. The fourth-order valence-electron chi connectivity index (χ4n) is 4.18. The van der Waals surface area contributed by atoms with Crippen molar-refractivity contribution < 1.29 is 9.53 Å². The second-order valence-electron chi connectivity index (χ2n) is 5.72. The summed E-state index contributed by atoms with van der Waals surface area (Å²) in [6.07, 6.45) is 3.41. The van der Waals surface area contributed by atoms with E-state index in [9.17, 15) is 4.79 Å². The Bertz CT molecular complexity index is 472. The average molecular weight is 263 g/mol. The van der Waals surface area contributed by atoms with Gasteiger partial charge in [-0.1, -0.05) is 6.07 Å². The van der Waals surface area contributed by atoms with Gasteiger partial charge in [-0.3, -0.25) is 9.69 Å². The third-order valence-corrected chi connectivity index (χ3v) is 5.87. The van der Waals surface area contributed by atoms with Gasteiger partial charge in [0.05, 0.1) is 12.0 Å². The van der Waals surface area contributed by atoms with Gasteiger partial charge in [0.2, 0.25) is 0 Å². The quantitative estimate of drug-likeness (QED) is 0.728. The fraction of sp³-hybridized carbons (Fsp3) is 0.643. The van der Waals surface area contributed by atoms with E-state index in [0.717, 1.165) is 19.5 Å². The molecule has 4 heteroatoms. The Morgan fingerprint density at radius 2 is 2.44 bits per heavy atom. The largest absolute Gasteiger partial charge is 0.465 e. The molecule has 0 unspecified atom stereocenters. The SMILES string of the molecule is O=C1OCC[C@]12CN1CCC[C@H]1[C@@H]2c1cccs1. The first-order valence-electron chi connectivity index (χ1n) is 6.76. The number of rotatable bonds is 1. The first-order valence-corrected chi connectivity index (χ1v) is 7.64. The summed E-state index contributed by atoms with van der Waals surface area (Å²) in [6.45, 7) is 2.68. The Labute approximate surface area is 111 Å². The van der Waals surface area contributed by atoms with Crippen molar-refractivity contribution in [1.29, 1.82) is 0 Å². The smallest absolute Gasteiger partial charge is 0.314 e. The molecule has 3 aliphatic rings. The number of ether oxygens (including phenoxy) is 1. The van der Waals surface area contributed by atoms with Gasteiger partial charge in [0.25, 0.3) is 0 Å². The molecule has 3 atom stereocenters. The number of nitrogens with zero attached hydrogens (tertiary/aromatic N) is 1. The number of fused-ring (bicyclic) bond motifs is 1. The van der Waals surface area contributed by atoms with Crippen LogP contribution in [0.25, 0.3) is 0 Å². The van der Waals surface area contributed by atoms with Gasteiger partial charge in [0.1, 0.15) is 0 Å². The van der Waals surface area contributed by atoms with Crippen molar-refractivity contribution in [3.8, 4) is 0 Å². The van der Waals surface area contributed by atoms with Crippen molar-refractivity contribution in [3.05, 3.63) is 22.4 Å². The van der Waals surface area contributed by atoms with Gasteiger partial charge >= 0.3 is 5.97 Å². The van der Waals surface area contributed by atoms with Gasteiger partial charge in [0.15, 0.2) is 0 Å². The predicted octanol–water partition coefficient (Wildman–Crippen LogP) is 2.24. The molecule has 18 heavy (non-hydrogen) atoms. The third-order valence-electron chi connectivity index (χ3n) is 4.92. The van der Waals surface area contributed by atoms with Crippen LogP contribution in [0.2, 0.25) is 0 Å². The monoisotopic (exact) mass is 263 g/mol. The zero-order chi connectivity index (χ0) is 12.2. The van der Waals surface area contributed by atoms with Crippen LogP contribution in [-0.2, 0) is 9.53 Å². The van der Waals surface area contributed by atoms with Crippen LogP contribution in [0.15, 0.2) is 17.5 Å². The summed E-state index contributed by atoms with van der Waals surface area (Å²) < 4.78 is 5.32. The van der Waals surface area contributed by atoms with E-state index in [0.29, 0.717) is 18.6 Å². The highest BCUT2D eigenvalue weighted by Gasteiger charge is 2.61. The molecule has 3 saturated heterocycles. The number of carbonyl (C=O) groups is 1. The summed E-state index contributed by atoms with van der Waals surface area (Å²) >= 11 is 1.80. The summed E-state index contributed by atoms with van der Waals surface area (Å²) in [7, 11) is 0. The average Bonchev–Trinajstić information content (AvgIpc) is 3.07. The molecule has 96 valence electrons. The number of esters is 1. The molecule has 1 spiro atoms. The number of carbonyl (C=O) groups excluding carboxylic acids is 1. The van der Waals surface area contributed by atoms with Crippen LogP contribution in [0.1, 0.15) is 30.1 Å². The molecule has 0 aliphatic carbocycles.